The van der Waals surface area contributed by atoms with E-state index >= 15 is 0 Å². The lowest BCUT2D eigenvalue weighted by molar-refractivity contribution is -0.176. The zero-order valence-corrected chi connectivity index (χ0v) is 20.5. The molecule has 194 valence electrons. The summed E-state index contributed by atoms with van der Waals surface area (Å²) in [4.78, 5) is 51.6. The van der Waals surface area contributed by atoms with Crippen LogP contribution < -0.4 is 16.0 Å². The van der Waals surface area contributed by atoms with E-state index < -0.39 is 53.4 Å². The van der Waals surface area contributed by atoms with Gasteiger partial charge >= 0.3 is 12.1 Å². The second-order valence-corrected chi connectivity index (χ2v) is 11.4. The summed E-state index contributed by atoms with van der Waals surface area (Å²) in [6.45, 7) is 9.13. The van der Waals surface area contributed by atoms with Crippen molar-refractivity contribution < 1.29 is 32.3 Å². The van der Waals surface area contributed by atoms with E-state index in [1.54, 1.807) is 5.32 Å². The number of nitrogens with zero attached hydrogens (tertiary/aromatic N) is 2. The summed E-state index contributed by atoms with van der Waals surface area (Å²) in [5, 5.41) is 16.7. The molecule has 0 bridgehead atoms. The number of nitrogens with one attached hydrogen (secondary N) is 3. The number of likely N-dealkylation sites (tertiary alicyclic amines) is 1. The molecule has 1 unspecified atom stereocenters. The molecule has 0 spiro atoms. The molecular formula is C23H32F3N5O4. The van der Waals surface area contributed by atoms with Crippen LogP contribution in [0.2, 0.25) is 0 Å². The minimum absolute atomic E-state index is 0.0396. The minimum atomic E-state index is -5.16. The van der Waals surface area contributed by atoms with Gasteiger partial charge in [0.1, 0.15) is 18.1 Å². The molecule has 2 saturated heterocycles. The summed E-state index contributed by atoms with van der Waals surface area (Å²) < 4.78 is 38.8. The molecule has 12 heteroatoms. The van der Waals surface area contributed by atoms with Crippen molar-refractivity contribution in [3.8, 4) is 6.07 Å². The maximum atomic E-state index is 13.5. The normalized spacial score (nSPS) is 28.9. The Bertz CT molecular complexity index is 952. The fourth-order valence-electron chi connectivity index (χ4n) is 5.40. The Morgan fingerprint density at radius 1 is 1.23 bits per heavy atom. The number of rotatable bonds is 6. The van der Waals surface area contributed by atoms with Crippen LogP contribution in [0.4, 0.5) is 13.2 Å². The van der Waals surface area contributed by atoms with Crippen LogP contribution in [-0.4, -0.2) is 65.9 Å². The van der Waals surface area contributed by atoms with Gasteiger partial charge in [-0.1, -0.05) is 34.6 Å². The number of carbonyl (C=O) groups is 4. The van der Waals surface area contributed by atoms with E-state index in [1.807, 2.05) is 19.9 Å². The Kier molecular flexibility index (Phi) is 6.87. The Morgan fingerprint density at radius 3 is 2.34 bits per heavy atom. The minimum Gasteiger partial charge on any atom is -0.356 e. The van der Waals surface area contributed by atoms with Crippen LogP contribution in [0.15, 0.2) is 0 Å². The summed E-state index contributed by atoms with van der Waals surface area (Å²) in [5.41, 5.74) is -1.33. The molecule has 9 nitrogen and oxygen atoms in total. The van der Waals surface area contributed by atoms with Gasteiger partial charge in [-0.2, -0.15) is 18.4 Å². The average molecular weight is 500 g/mol. The number of hydrogen-bond donors (Lipinski definition) is 3. The topological polar surface area (TPSA) is 131 Å². The summed E-state index contributed by atoms with van der Waals surface area (Å²) in [6.07, 6.45) is -4.49. The molecule has 3 rings (SSSR count). The summed E-state index contributed by atoms with van der Waals surface area (Å²) in [7, 11) is 0. The van der Waals surface area contributed by atoms with Crippen molar-refractivity contribution in [2.75, 3.05) is 13.1 Å². The smallest absolute Gasteiger partial charge is 0.356 e. The van der Waals surface area contributed by atoms with Gasteiger partial charge in [-0.3, -0.25) is 19.2 Å². The predicted molar refractivity (Wildman–Crippen MR) is 117 cm³/mol. The van der Waals surface area contributed by atoms with Gasteiger partial charge in [-0.15, -0.1) is 0 Å². The quantitative estimate of drug-likeness (QED) is 0.504. The third-order valence-corrected chi connectivity index (χ3v) is 7.56. The molecule has 0 radical (unpaired) electrons. The highest BCUT2D eigenvalue weighted by Gasteiger charge is 2.70. The zero-order chi connectivity index (χ0) is 26.5. The van der Waals surface area contributed by atoms with Crippen LogP contribution >= 0.6 is 0 Å². The van der Waals surface area contributed by atoms with Crippen molar-refractivity contribution >= 4 is 23.6 Å². The summed E-state index contributed by atoms with van der Waals surface area (Å²) in [5.74, 6) is -4.46. The van der Waals surface area contributed by atoms with Gasteiger partial charge in [0.2, 0.25) is 17.7 Å². The number of hydrogen-bond acceptors (Lipinski definition) is 5. The first-order valence-electron chi connectivity index (χ1n) is 11.7. The third kappa shape index (κ3) is 5.23. The second-order valence-electron chi connectivity index (χ2n) is 11.4. The number of nitriles is 1. The molecule has 0 aromatic carbocycles. The number of piperidine rings is 1. The van der Waals surface area contributed by atoms with Gasteiger partial charge < -0.3 is 20.9 Å². The van der Waals surface area contributed by atoms with Crippen LogP contribution in [0.5, 0.6) is 0 Å². The van der Waals surface area contributed by atoms with E-state index in [9.17, 15) is 37.6 Å². The first-order valence-corrected chi connectivity index (χ1v) is 11.7. The highest BCUT2D eigenvalue weighted by atomic mass is 19.4. The van der Waals surface area contributed by atoms with E-state index in [0.717, 1.165) is 0 Å². The van der Waals surface area contributed by atoms with E-state index in [0.29, 0.717) is 13.0 Å². The Hall–Kier alpha value is -2.84. The Balaban J connectivity index is 1.81. The molecule has 4 amide bonds. The largest absolute Gasteiger partial charge is 0.471 e. The molecule has 6 atom stereocenters. The highest BCUT2D eigenvalue weighted by Crippen LogP contribution is 2.65. The number of amides is 4. The van der Waals surface area contributed by atoms with Gasteiger partial charge in [0, 0.05) is 19.0 Å². The van der Waals surface area contributed by atoms with Gasteiger partial charge in [-0.05, 0) is 35.5 Å². The van der Waals surface area contributed by atoms with Gasteiger partial charge in [0.15, 0.2) is 0 Å². The van der Waals surface area contributed by atoms with Gasteiger partial charge in [-0.25, -0.2) is 0 Å². The molecule has 1 aliphatic carbocycles. The first kappa shape index (κ1) is 26.8. The maximum Gasteiger partial charge on any atom is 0.471 e. The van der Waals surface area contributed by atoms with Gasteiger partial charge in [0.25, 0.3) is 0 Å². The van der Waals surface area contributed by atoms with Crippen molar-refractivity contribution in [1.29, 1.82) is 5.26 Å². The monoisotopic (exact) mass is 499 g/mol. The van der Waals surface area contributed by atoms with E-state index in [1.165, 1.54) is 25.7 Å². The van der Waals surface area contributed by atoms with E-state index in [-0.39, 0.29) is 36.1 Å². The van der Waals surface area contributed by atoms with Crippen molar-refractivity contribution in [2.24, 2.45) is 28.6 Å². The molecule has 2 aliphatic heterocycles. The SMILES string of the molecule is CC(C)(C)C(NC(=O)C(F)(F)F)C(=O)N1C[C@H]2[C@@H]([C@H]1C(=O)N[C@H](C#N)C[C@@H]1CCNC1=O)C2(C)C. The van der Waals surface area contributed by atoms with E-state index in [4.69, 9.17) is 0 Å². The molecule has 3 N–H and O–H groups in total. The molecule has 2 heterocycles. The lowest BCUT2D eigenvalue weighted by Gasteiger charge is -2.37. The fourth-order valence-corrected chi connectivity index (χ4v) is 5.40. The van der Waals surface area contributed by atoms with Crippen LogP contribution in [0.3, 0.4) is 0 Å². The van der Waals surface area contributed by atoms with E-state index in [2.05, 4.69) is 10.6 Å². The van der Waals surface area contributed by atoms with Crippen molar-refractivity contribution in [3.63, 3.8) is 0 Å². The average Bonchev–Trinajstić information content (AvgIpc) is 3.10. The molecule has 35 heavy (non-hydrogen) atoms. The maximum absolute atomic E-state index is 13.5. The number of carbonyl (C=O) groups excluding carboxylic acids is 4. The molecular weight excluding hydrogens is 467 g/mol. The number of fused-ring (bicyclic) bond motifs is 1. The molecule has 1 saturated carbocycles. The molecule has 0 aromatic heterocycles. The molecule has 3 fully saturated rings. The standard InChI is InChI=1S/C23H32F3N5O4/c1-21(2,3)16(30-20(35)23(24,25)26)19(34)31-10-13-14(22(13,4)5)15(31)18(33)29-12(9-27)8-11-6-7-28-17(11)32/h11-16H,6-8,10H2,1-5H3,(H,28,32)(H,29,33)(H,30,35)/t11-,12-,13-,14-,15-,16?/m0/s1. The Labute approximate surface area is 202 Å². The zero-order valence-electron chi connectivity index (χ0n) is 20.5. The van der Waals surface area contributed by atoms with Crippen LogP contribution in [0.25, 0.3) is 0 Å². The third-order valence-electron chi connectivity index (χ3n) is 7.56. The highest BCUT2D eigenvalue weighted by molar-refractivity contribution is 5.95. The van der Waals surface area contributed by atoms with Crippen LogP contribution in [-0.2, 0) is 19.2 Å². The van der Waals surface area contributed by atoms with Gasteiger partial charge in [0.05, 0.1) is 6.07 Å². The number of halogens is 3. The molecule has 3 aliphatic rings. The van der Waals surface area contributed by atoms with Crippen molar-refractivity contribution in [3.05, 3.63) is 0 Å². The van der Waals surface area contributed by atoms with Crippen LogP contribution in [0, 0.1) is 39.9 Å². The first-order chi connectivity index (χ1) is 16.0. The second kappa shape index (κ2) is 8.99. The van der Waals surface area contributed by atoms with Crippen LogP contribution in [0.1, 0.15) is 47.5 Å². The molecule has 0 aromatic rings. The van der Waals surface area contributed by atoms with Crippen molar-refractivity contribution in [2.45, 2.75) is 71.8 Å². The Morgan fingerprint density at radius 2 is 1.86 bits per heavy atom. The summed E-state index contributed by atoms with van der Waals surface area (Å²) >= 11 is 0. The predicted octanol–water partition coefficient (Wildman–Crippen LogP) is 1.10. The van der Waals surface area contributed by atoms with Crippen molar-refractivity contribution in [1.82, 2.24) is 20.9 Å². The number of alkyl halides is 3. The lowest BCUT2D eigenvalue weighted by Crippen LogP contribution is -2.61. The summed E-state index contributed by atoms with van der Waals surface area (Å²) in [6, 6.07) is -1.48. The lowest BCUT2D eigenvalue weighted by atomic mass is 9.85. The fraction of sp³-hybridized carbons (Fsp3) is 0.783.